The SMILES string of the molecule is N=C(N)NCCC[C@H](N)C(=O)OCCl. The van der Waals surface area contributed by atoms with Crippen LogP contribution in [0.4, 0.5) is 0 Å². The van der Waals surface area contributed by atoms with Crippen LogP contribution >= 0.6 is 11.6 Å². The number of esters is 1. The normalized spacial score (nSPS) is 11.9. The van der Waals surface area contributed by atoms with Crippen molar-refractivity contribution < 1.29 is 9.53 Å². The van der Waals surface area contributed by atoms with E-state index >= 15 is 0 Å². The van der Waals surface area contributed by atoms with Crippen molar-refractivity contribution >= 4 is 23.5 Å². The van der Waals surface area contributed by atoms with Crippen molar-refractivity contribution in [2.24, 2.45) is 11.5 Å². The Morgan fingerprint density at radius 3 is 2.79 bits per heavy atom. The topological polar surface area (TPSA) is 114 Å². The van der Waals surface area contributed by atoms with Gasteiger partial charge in [-0.15, -0.1) is 0 Å². The van der Waals surface area contributed by atoms with Crippen molar-refractivity contribution in [3.05, 3.63) is 0 Å². The predicted octanol–water partition coefficient (Wildman–Crippen LogP) is -0.684. The van der Waals surface area contributed by atoms with E-state index in [0.29, 0.717) is 19.4 Å². The highest BCUT2D eigenvalue weighted by molar-refractivity contribution is 6.17. The molecule has 0 aromatic rings. The van der Waals surface area contributed by atoms with Crippen LogP contribution in [0.2, 0.25) is 0 Å². The molecule has 7 heteroatoms. The lowest BCUT2D eigenvalue weighted by Gasteiger charge is -2.09. The smallest absolute Gasteiger partial charge is 0.324 e. The zero-order valence-electron chi connectivity index (χ0n) is 7.75. The molecule has 0 saturated carbocycles. The Balaban J connectivity index is 3.48. The molecular formula is C7H15ClN4O2. The van der Waals surface area contributed by atoms with E-state index in [1.54, 1.807) is 0 Å². The molecule has 0 rings (SSSR count). The molecule has 82 valence electrons. The predicted molar refractivity (Wildman–Crippen MR) is 53.9 cm³/mol. The number of carbonyl (C=O) groups is 1. The van der Waals surface area contributed by atoms with Gasteiger partial charge in [0, 0.05) is 6.54 Å². The van der Waals surface area contributed by atoms with Gasteiger partial charge in [-0.2, -0.15) is 0 Å². The van der Waals surface area contributed by atoms with Crippen LogP contribution in [0.15, 0.2) is 0 Å². The second-order valence-electron chi connectivity index (χ2n) is 2.66. The summed E-state index contributed by atoms with van der Waals surface area (Å²) in [6, 6.07) is -0.847. The maximum Gasteiger partial charge on any atom is 0.324 e. The largest absolute Gasteiger partial charge is 0.448 e. The summed E-state index contributed by atoms with van der Waals surface area (Å²) in [5.41, 5.74) is 10.5. The van der Waals surface area contributed by atoms with Crippen LogP contribution in [0, 0.1) is 5.41 Å². The molecule has 0 saturated heterocycles. The van der Waals surface area contributed by atoms with Gasteiger partial charge in [-0.25, -0.2) is 0 Å². The van der Waals surface area contributed by atoms with Gasteiger partial charge in [0.2, 0.25) is 0 Å². The first kappa shape index (κ1) is 13.0. The van der Waals surface area contributed by atoms with Gasteiger partial charge < -0.3 is 21.5 Å². The molecule has 0 aliphatic rings. The average molecular weight is 223 g/mol. The first-order valence-corrected chi connectivity index (χ1v) is 4.67. The zero-order chi connectivity index (χ0) is 11.0. The van der Waals surface area contributed by atoms with Crippen molar-refractivity contribution in [2.45, 2.75) is 18.9 Å². The number of nitrogens with one attached hydrogen (secondary N) is 2. The van der Waals surface area contributed by atoms with Gasteiger partial charge in [0.15, 0.2) is 12.0 Å². The number of alkyl halides is 1. The van der Waals surface area contributed by atoms with Gasteiger partial charge in [-0.3, -0.25) is 10.2 Å². The second-order valence-corrected chi connectivity index (χ2v) is 2.88. The van der Waals surface area contributed by atoms with Gasteiger partial charge in [0.25, 0.3) is 0 Å². The molecule has 0 spiro atoms. The van der Waals surface area contributed by atoms with Crippen LogP contribution in [0.1, 0.15) is 12.8 Å². The molecule has 6 N–H and O–H groups in total. The number of carbonyl (C=O) groups excluding carboxylic acids is 1. The van der Waals surface area contributed by atoms with Gasteiger partial charge in [-0.05, 0) is 12.8 Å². The first-order valence-electron chi connectivity index (χ1n) is 4.14. The van der Waals surface area contributed by atoms with E-state index in [4.69, 9.17) is 28.5 Å². The fraction of sp³-hybridized carbons (Fsp3) is 0.714. The van der Waals surface area contributed by atoms with E-state index in [1.165, 1.54) is 0 Å². The third kappa shape index (κ3) is 6.50. The fourth-order valence-electron chi connectivity index (χ4n) is 0.824. The minimum Gasteiger partial charge on any atom is -0.448 e. The minimum atomic E-state index is -0.664. The maximum atomic E-state index is 11.0. The molecule has 6 nitrogen and oxygen atoms in total. The molecule has 0 radical (unpaired) electrons. The first-order chi connectivity index (χ1) is 6.57. The van der Waals surface area contributed by atoms with Crippen LogP contribution in [0.3, 0.4) is 0 Å². The number of hydrogen-bond acceptors (Lipinski definition) is 4. The summed E-state index contributed by atoms with van der Waals surface area (Å²) in [6.07, 6.45) is 1.11. The van der Waals surface area contributed by atoms with Gasteiger partial charge in [-0.1, -0.05) is 11.6 Å². The molecule has 0 heterocycles. The van der Waals surface area contributed by atoms with Crippen LogP contribution in [-0.2, 0) is 9.53 Å². The molecule has 0 aliphatic carbocycles. The number of nitrogens with two attached hydrogens (primary N) is 2. The van der Waals surface area contributed by atoms with Crippen molar-refractivity contribution in [1.29, 1.82) is 5.41 Å². The number of halogens is 1. The quantitative estimate of drug-likeness (QED) is 0.156. The van der Waals surface area contributed by atoms with E-state index in [2.05, 4.69) is 10.1 Å². The Morgan fingerprint density at radius 1 is 1.64 bits per heavy atom. The molecule has 0 fully saturated rings. The van der Waals surface area contributed by atoms with Crippen molar-refractivity contribution in [3.8, 4) is 0 Å². The number of ether oxygens (including phenoxy) is 1. The Kier molecular flexibility index (Phi) is 6.87. The lowest BCUT2D eigenvalue weighted by molar-refractivity contribution is -0.143. The molecular weight excluding hydrogens is 208 g/mol. The van der Waals surface area contributed by atoms with Crippen molar-refractivity contribution in [1.82, 2.24) is 5.32 Å². The molecule has 0 unspecified atom stereocenters. The molecule has 0 aromatic heterocycles. The highest BCUT2D eigenvalue weighted by Crippen LogP contribution is 1.96. The van der Waals surface area contributed by atoms with Crippen molar-refractivity contribution in [3.63, 3.8) is 0 Å². The van der Waals surface area contributed by atoms with E-state index in [0.717, 1.165) is 0 Å². The Hall–Kier alpha value is -1.01. The van der Waals surface area contributed by atoms with E-state index in [-0.39, 0.29) is 12.0 Å². The Labute approximate surface area is 87.4 Å². The standard InChI is InChI=1S/C7H15ClN4O2/c8-4-14-6(13)5(9)2-1-3-12-7(10)11/h5H,1-4,9H2,(H4,10,11,12)/t5-/m0/s1. The summed E-state index contributed by atoms with van der Waals surface area (Å²) < 4.78 is 4.50. The van der Waals surface area contributed by atoms with Crippen LogP contribution in [0.25, 0.3) is 0 Å². The van der Waals surface area contributed by atoms with Crippen molar-refractivity contribution in [2.75, 3.05) is 12.6 Å². The zero-order valence-corrected chi connectivity index (χ0v) is 8.51. The monoisotopic (exact) mass is 222 g/mol. The molecule has 1 atom stereocenters. The Morgan fingerprint density at radius 2 is 2.29 bits per heavy atom. The fourth-order valence-corrected chi connectivity index (χ4v) is 0.931. The lowest BCUT2D eigenvalue weighted by atomic mass is 10.2. The molecule has 0 aliphatic heterocycles. The summed E-state index contributed by atoms with van der Waals surface area (Å²) in [4.78, 5) is 11.0. The molecule has 14 heavy (non-hydrogen) atoms. The van der Waals surface area contributed by atoms with E-state index in [1.807, 2.05) is 0 Å². The third-order valence-corrected chi connectivity index (χ3v) is 1.62. The highest BCUT2D eigenvalue weighted by Gasteiger charge is 2.13. The van der Waals surface area contributed by atoms with Gasteiger partial charge in [0.1, 0.15) is 6.04 Å². The third-order valence-electron chi connectivity index (χ3n) is 1.51. The second kappa shape index (κ2) is 7.40. The van der Waals surface area contributed by atoms with Crippen LogP contribution in [-0.4, -0.2) is 30.6 Å². The highest BCUT2D eigenvalue weighted by atomic mass is 35.5. The number of hydrogen-bond donors (Lipinski definition) is 4. The summed E-state index contributed by atoms with van der Waals surface area (Å²) in [5.74, 6) is -0.607. The maximum absolute atomic E-state index is 11.0. The molecule has 0 aromatic carbocycles. The van der Waals surface area contributed by atoms with E-state index in [9.17, 15) is 4.79 Å². The summed E-state index contributed by atoms with van der Waals surface area (Å²) in [7, 11) is 0. The van der Waals surface area contributed by atoms with Crippen LogP contribution < -0.4 is 16.8 Å². The number of rotatable bonds is 6. The molecule has 0 amide bonds. The Bertz CT molecular complexity index is 200. The van der Waals surface area contributed by atoms with E-state index < -0.39 is 12.0 Å². The lowest BCUT2D eigenvalue weighted by Crippen LogP contribution is -2.35. The average Bonchev–Trinajstić information content (AvgIpc) is 2.12. The summed E-state index contributed by atoms with van der Waals surface area (Å²) in [5, 5.41) is 9.46. The van der Waals surface area contributed by atoms with Gasteiger partial charge >= 0.3 is 5.97 Å². The summed E-state index contributed by atoms with van der Waals surface area (Å²) in [6.45, 7) is 0.511. The minimum absolute atomic E-state index is 0.0955. The van der Waals surface area contributed by atoms with Crippen LogP contribution in [0.5, 0.6) is 0 Å². The summed E-state index contributed by atoms with van der Waals surface area (Å²) >= 11 is 5.19. The van der Waals surface area contributed by atoms with Gasteiger partial charge in [0.05, 0.1) is 0 Å². The molecule has 0 bridgehead atoms. The number of guanidine groups is 1.